The van der Waals surface area contributed by atoms with Crippen LogP contribution >= 0.6 is 11.6 Å². The summed E-state index contributed by atoms with van der Waals surface area (Å²) in [6, 6.07) is 17.0. The van der Waals surface area contributed by atoms with Crippen molar-refractivity contribution in [3.8, 4) is 0 Å². The summed E-state index contributed by atoms with van der Waals surface area (Å²) in [7, 11) is 2.13. The highest BCUT2D eigenvalue weighted by Gasteiger charge is 2.24. The normalized spacial score (nSPS) is 14.7. The molecule has 1 amide bonds. The predicted octanol–water partition coefficient (Wildman–Crippen LogP) is 7.42. The molecule has 1 aliphatic rings. The van der Waals surface area contributed by atoms with E-state index in [2.05, 4.69) is 27.7 Å². The van der Waals surface area contributed by atoms with Crippen molar-refractivity contribution in [2.75, 3.05) is 30.8 Å². The monoisotopic (exact) mass is 577 g/mol. The van der Waals surface area contributed by atoms with Crippen molar-refractivity contribution < 1.29 is 18.7 Å². The molecule has 0 aliphatic carbocycles. The van der Waals surface area contributed by atoms with Gasteiger partial charge in [-0.15, -0.1) is 5.10 Å². The number of piperidine rings is 1. The average Bonchev–Trinajstić information content (AvgIpc) is 3.28. The minimum Gasteiger partial charge on any atom is -0.442 e. The Bertz CT molecular complexity index is 1570. The Kier molecular flexibility index (Phi) is 8.02. The van der Waals surface area contributed by atoms with Gasteiger partial charge in [-0.3, -0.25) is 4.79 Å². The first-order valence-corrected chi connectivity index (χ1v) is 13.9. The van der Waals surface area contributed by atoms with Crippen molar-refractivity contribution in [2.45, 2.75) is 45.1 Å². The minimum atomic E-state index is -0.773. The van der Waals surface area contributed by atoms with Crippen LogP contribution in [0.3, 0.4) is 0 Å². The van der Waals surface area contributed by atoms with Gasteiger partial charge in [0.25, 0.3) is 5.91 Å². The molecule has 5 rings (SSSR count). The quantitative estimate of drug-likeness (QED) is 0.257. The van der Waals surface area contributed by atoms with Crippen molar-refractivity contribution in [1.29, 1.82) is 0 Å². The number of benzene rings is 3. The fourth-order valence-corrected chi connectivity index (χ4v) is 5.13. The van der Waals surface area contributed by atoms with Gasteiger partial charge in [-0.25, -0.2) is 9.18 Å². The lowest BCUT2D eigenvalue weighted by molar-refractivity contribution is 0.0522. The van der Waals surface area contributed by atoms with Crippen LogP contribution in [0.1, 0.15) is 55.5 Å². The molecule has 0 atom stereocenters. The maximum Gasteiger partial charge on any atom is 0.435 e. The molecule has 4 aromatic rings. The molecule has 1 fully saturated rings. The Morgan fingerprint density at radius 2 is 1.76 bits per heavy atom. The summed E-state index contributed by atoms with van der Waals surface area (Å²) in [4.78, 5) is 28.6. The molecule has 10 heteroatoms. The van der Waals surface area contributed by atoms with E-state index in [4.69, 9.17) is 16.3 Å². The van der Waals surface area contributed by atoms with Crippen molar-refractivity contribution in [1.82, 2.24) is 14.7 Å². The van der Waals surface area contributed by atoms with E-state index in [1.807, 2.05) is 24.3 Å². The van der Waals surface area contributed by atoms with Crippen LogP contribution in [0.25, 0.3) is 10.9 Å². The lowest BCUT2D eigenvalue weighted by atomic mass is 9.89. The number of halogens is 2. The number of hydrogen-bond acceptors (Lipinski definition) is 6. The summed E-state index contributed by atoms with van der Waals surface area (Å²) in [5.74, 6) is -0.186. The van der Waals surface area contributed by atoms with Gasteiger partial charge in [0.1, 0.15) is 11.4 Å². The topological polar surface area (TPSA) is 88.5 Å². The fourth-order valence-electron chi connectivity index (χ4n) is 4.92. The lowest BCUT2D eigenvalue weighted by Crippen LogP contribution is -2.29. The van der Waals surface area contributed by atoms with E-state index in [9.17, 15) is 14.0 Å². The molecular formula is C31H33ClFN5O3. The number of carbonyl (C=O) groups is 2. The molecule has 0 saturated carbocycles. The number of ether oxygens (including phenoxy) is 1. The first-order valence-electron chi connectivity index (χ1n) is 13.6. The Labute approximate surface area is 243 Å². The summed E-state index contributed by atoms with van der Waals surface area (Å²) in [5, 5.41) is 10.9. The third-order valence-electron chi connectivity index (χ3n) is 7.07. The number of nitrogens with zero attached hydrogens (tertiary/aromatic N) is 3. The molecule has 0 spiro atoms. The number of nitrogens with one attached hydrogen (secondary N) is 2. The third kappa shape index (κ3) is 6.52. The number of fused-ring (bicyclic) bond motifs is 1. The highest BCUT2D eigenvalue weighted by Crippen LogP contribution is 2.32. The second kappa shape index (κ2) is 11.5. The maximum atomic E-state index is 14.4. The molecule has 0 radical (unpaired) electrons. The van der Waals surface area contributed by atoms with Gasteiger partial charge in [0.2, 0.25) is 0 Å². The largest absolute Gasteiger partial charge is 0.442 e. The molecule has 2 heterocycles. The van der Waals surface area contributed by atoms with Crippen LogP contribution in [0.5, 0.6) is 0 Å². The van der Waals surface area contributed by atoms with Crippen molar-refractivity contribution in [2.24, 2.45) is 0 Å². The van der Waals surface area contributed by atoms with E-state index in [0.29, 0.717) is 28.1 Å². The predicted molar refractivity (Wildman–Crippen MR) is 160 cm³/mol. The molecule has 2 N–H and O–H groups in total. The molecule has 1 saturated heterocycles. The van der Waals surface area contributed by atoms with Crippen LogP contribution < -0.4 is 10.6 Å². The van der Waals surface area contributed by atoms with E-state index in [-0.39, 0.29) is 22.4 Å². The summed E-state index contributed by atoms with van der Waals surface area (Å²) in [6.07, 6.45) is 1.47. The molecule has 3 aromatic carbocycles. The van der Waals surface area contributed by atoms with Crippen molar-refractivity contribution >= 4 is 51.7 Å². The van der Waals surface area contributed by atoms with E-state index in [0.717, 1.165) is 30.6 Å². The second-order valence-corrected chi connectivity index (χ2v) is 11.8. The molecule has 0 bridgehead atoms. The van der Waals surface area contributed by atoms with E-state index >= 15 is 0 Å². The highest BCUT2D eigenvalue weighted by atomic mass is 35.5. The molecule has 214 valence electrons. The van der Waals surface area contributed by atoms with Gasteiger partial charge in [-0.2, -0.15) is 4.68 Å². The highest BCUT2D eigenvalue weighted by molar-refractivity contribution is 6.33. The minimum absolute atomic E-state index is 0.106. The molecule has 1 aromatic heterocycles. The van der Waals surface area contributed by atoms with Gasteiger partial charge in [0, 0.05) is 16.6 Å². The second-order valence-electron chi connectivity index (χ2n) is 11.3. The van der Waals surface area contributed by atoms with Gasteiger partial charge in [-0.05, 0) is 108 Å². The number of para-hydroxylation sites is 1. The zero-order chi connectivity index (χ0) is 29.3. The lowest BCUT2D eigenvalue weighted by Gasteiger charge is -2.29. The Hall–Kier alpha value is -3.95. The number of hydrogen-bond donors (Lipinski definition) is 2. The van der Waals surface area contributed by atoms with Crippen LogP contribution in [0.15, 0.2) is 60.7 Å². The molecule has 0 unspecified atom stereocenters. The van der Waals surface area contributed by atoms with E-state index in [1.54, 1.807) is 45.0 Å². The van der Waals surface area contributed by atoms with Crippen LogP contribution in [-0.4, -0.2) is 52.4 Å². The number of likely N-dealkylation sites (tertiary alicyclic amines) is 1. The Morgan fingerprint density at radius 1 is 1.05 bits per heavy atom. The molecule has 8 nitrogen and oxygen atoms in total. The van der Waals surface area contributed by atoms with Crippen molar-refractivity contribution in [3.63, 3.8) is 0 Å². The standard InChI is InChI=1S/C31H33ClFN5O3/c1-31(2,3)41-30(40)38-26-18-22(34-27-24(32)6-5-7-25(27)33)12-13-23(26)28(36-38)35-29(39)21-10-8-19(9-11-21)20-14-16-37(4)17-15-20/h5-13,18,20,34H,14-17H2,1-4H3,(H,35,36,39). The van der Waals surface area contributed by atoms with Gasteiger partial charge in [-0.1, -0.05) is 29.8 Å². The van der Waals surface area contributed by atoms with Crippen LogP contribution in [0.2, 0.25) is 5.02 Å². The third-order valence-corrected chi connectivity index (χ3v) is 7.39. The maximum absolute atomic E-state index is 14.4. The van der Waals surface area contributed by atoms with Crippen LogP contribution in [0.4, 0.5) is 26.4 Å². The molecule has 41 heavy (non-hydrogen) atoms. The van der Waals surface area contributed by atoms with Crippen LogP contribution in [-0.2, 0) is 4.74 Å². The van der Waals surface area contributed by atoms with Gasteiger partial charge in [0.05, 0.1) is 16.2 Å². The first-order chi connectivity index (χ1) is 19.5. The summed E-state index contributed by atoms with van der Waals surface area (Å²) >= 11 is 6.19. The number of amides is 1. The van der Waals surface area contributed by atoms with Crippen molar-refractivity contribution in [3.05, 3.63) is 82.6 Å². The molecular weight excluding hydrogens is 545 g/mol. The van der Waals surface area contributed by atoms with Gasteiger partial charge < -0.3 is 20.3 Å². The molecule has 1 aliphatic heterocycles. The number of anilines is 3. The zero-order valence-corrected chi connectivity index (χ0v) is 24.3. The smallest absolute Gasteiger partial charge is 0.435 e. The van der Waals surface area contributed by atoms with Gasteiger partial charge in [0.15, 0.2) is 5.82 Å². The number of rotatable bonds is 5. The fraction of sp³-hybridized carbons (Fsp3) is 0.323. The summed E-state index contributed by atoms with van der Waals surface area (Å²) in [5.41, 5.74) is 1.87. The Morgan fingerprint density at radius 3 is 2.41 bits per heavy atom. The number of aromatic nitrogens is 2. The average molecular weight is 578 g/mol. The summed E-state index contributed by atoms with van der Waals surface area (Å²) < 4.78 is 21.1. The summed E-state index contributed by atoms with van der Waals surface area (Å²) in [6.45, 7) is 7.38. The van der Waals surface area contributed by atoms with E-state index in [1.165, 1.54) is 17.7 Å². The van der Waals surface area contributed by atoms with Gasteiger partial charge >= 0.3 is 6.09 Å². The number of carbonyl (C=O) groups excluding carboxylic acids is 2. The zero-order valence-electron chi connectivity index (χ0n) is 23.5. The Balaban J connectivity index is 1.43. The van der Waals surface area contributed by atoms with E-state index < -0.39 is 17.5 Å². The first kappa shape index (κ1) is 28.6. The van der Waals surface area contributed by atoms with Crippen LogP contribution in [0, 0.1) is 5.82 Å². The SMILES string of the molecule is CN1CCC(c2ccc(C(=O)Nc3nn(C(=O)OC(C)(C)C)c4cc(Nc5c(F)cccc5Cl)ccc34)cc2)CC1.